The normalized spacial score (nSPS) is 13.5. The summed E-state index contributed by atoms with van der Waals surface area (Å²) in [6.45, 7) is 4.71. The van der Waals surface area contributed by atoms with Gasteiger partial charge in [-0.2, -0.15) is 0 Å². The number of fused-ring (bicyclic) bond motifs is 6. The minimum atomic E-state index is -0.0157. The van der Waals surface area contributed by atoms with Gasteiger partial charge in [0.05, 0.1) is 0 Å². The SMILES string of the molecule is CCC1(CC)c2cc(Br)ccc2-c2ccc(-c3cc(-c4ccccc4)c4c(c3-c3ccccc3)-c3cccc5cccc-4c35)cc21. The first-order chi connectivity index (χ1) is 22.6. The number of hydrogen-bond donors (Lipinski definition) is 0. The first-order valence-electron chi connectivity index (χ1n) is 16.4. The van der Waals surface area contributed by atoms with E-state index in [0.717, 1.165) is 17.3 Å². The maximum atomic E-state index is 3.79. The van der Waals surface area contributed by atoms with Gasteiger partial charge in [-0.1, -0.05) is 145 Å². The summed E-state index contributed by atoms with van der Waals surface area (Å²) in [7, 11) is 0. The van der Waals surface area contributed by atoms with Crippen LogP contribution in [-0.4, -0.2) is 0 Å². The van der Waals surface area contributed by atoms with Gasteiger partial charge < -0.3 is 0 Å². The van der Waals surface area contributed by atoms with Crippen LogP contribution in [0.5, 0.6) is 0 Å². The summed E-state index contributed by atoms with van der Waals surface area (Å²) in [5, 5.41) is 2.65. The molecule has 0 bridgehead atoms. The second-order valence-corrected chi connectivity index (χ2v) is 13.7. The Morgan fingerprint density at radius 2 is 1.02 bits per heavy atom. The molecule has 0 radical (unpaired) electrons. The molecule has 0 heterocycles. The molecular weight excluding hydrogens is 620 g/mol. The number of halogens is 1. The molecule has 0 unspecified atom stereocenters. The van der Waals surface area contributed by atoms with E-state index >= 15 is 0 Å². The van der Waals surface area contributed by atoms with Crippen molar-refractivity contribution in [1.29, 1.82) is 0 Å². The molecular formula is C45H33Br. The number of benzene rings is 7. The Hall–Kier alpha value is -4.72. The number of rotatable bonds is 5. The van der Waals surface area contributed by atoms with Crippen molar-refractivity contribution in [2.75, 3.05) is 0 Å². The molecule has 46 heavy (non-hydrogen) atoms. The average Bonchev–Trinajstić information content (AvgIpc) is 3.59. The van der Waals surface area contributed by atoms with E-state index in [-0.39, 0.29) is 5.41 Å². The van der Waals surface area contributed by atoms with Crippen molar-refractivity contribution in [1.82, 2.24) is 0 Å². The van der Waals surface area contributed by atoms with Crippen molar-refractivity contribution in [3.8, 4) is 66.8 Å². The summed E-state index contributed by atoms with van der Waals surface area (Å²) in [6.07, 6.45) is 2.12. The first kappa shape index (κ1) is 27.6. The molecule has 7 aromatic carbocycles. The van der Waals surface area contributed by atoms with Gasteiger partial charge in [-0.3, -0.25) is 0 Å². The van der Waals surface area contributed by atoms with Gasteiger partial charge in [-0.25, -0.2) is 0 Å². The molecule has 0 saturated heterocycles. The minimum Gasteiger partial charge on any atom is -0.0642 e. The topological polar surface area (TPSA) is 0 Å². The quantitative estimate of drug-likeness (QED) is 0.173. The largest absolute Gasteiger partial charge is 0.0642 e. The van der Waals surface area contributed by atoms with Gasteiger partial charge in [-0.15, -0.1) is 0 Å². The van der Waals surface area contributed by atoms with Crippen molar-refractivity contribution in [2.24, 2.45) is 0 Å². The monoisotopic (exact) mass is 652 g/mol. The minimum absolute atomic E-state index is 0.0157. The van der Waals surface area contributed by atoms with Crippen LogP contribution in [0.25, 0.3) is 77.5 Å². The third-order valence-corrected chi connectivity index (χ3v) is 11.3. The highest BCUT2D eigenvalue weighted by molar-refractivity contribution is 9.10. The first-order valence-corrected chi connectivity index (χ1v) is 17.2. The van der Waals surface area contributed by atoms with Crippen LogP contribution < -0.4 is 0 Å². The maximum absolute atomic E-state index is 3.79. The van der Waals surface area contributed by atoms with E-state index in [9.17, 15) is 0 Å². The van der Waals surface area contributed by atoms with Crippen LogP contribution in [0.15, 0.2) is 144 Å². The Morgan fingerprint density at radius 3 is 1.70 bits per heavy atom. The van der Waals surface area contributed by atoms with Gasteiger partial charge in [0, 0.05) is 9.89 Å². The van der Waals surface area contributed by atoms with E-state index in [1.807, 2.05) is 0 Å². The van der Waals surface area contributed by atoms with Crippen LogP contribution in [0.2, 0.25) is 0 Å². The van der Waals surface area contributed by atoms with Gasteiger partial charge in [0.15, 0.2) is 0 Å². The van der Waals surface area contributed by atoms with Crippen LogP contribution in [0, 0.1) is 0 Å². The van der Waals surface area contributed by atoms with Crippen molar-refractivity contribution >= 4 is 26.7 Å². The average molecular weight is 654 g/mol. The Bertz CT molecular complexity index is 2320. The van der Waals surface area contributed by atoms with E-state index in [1.54, 1.807) is 0 Å². The summed E-state index contributed by atoms with van der Waals surface area (Å²) in [4.78, 5) is 0. The molecule has 1 heteroatoms. The predicted molar refractivity (Wildman–Crippen MR) is 199 cm³/mol. The molecule has 0 atom stereocenters. The lowest BCUT2D eigenvalue weighted by Gasteiger charge is -2.30. The van der Waals surface area contributed by atoms with Gasteiger partial charge in [0.1, 0.15) is 0 Å². The summed E-state index contributed by atoms with van der Waals surface area (Å²) >= 11 is 3.79. The number of hydrogen-bond acceptors (Lipinski definition) is 0. The fraction of sp³-hybridized carbons (Fsp3) is 0.111. The molecule has 0 aliphatic heterocycles. The molecule has 0 spiro atoms. The van der Waals surface area contributed by atoms with E-state index in [4.69, 9.17) is 0 Å². The molecule has 0 saturated carbocycles. The van der Waals surface area contributed by atoms with E-state index in [2.05, 4.69) is 169 Å². The Morgan fingerprint density at radius 1 is 0.435 bits per heavy atom. The molecule has 2 aliphatic rings. The highest BCUT2D eigenvalue weighted by atomic mass is 79.9. The zero-order valence-electron chi connectivity index (χ0n) is 26.1. The van der Waals surface area contributed by atoms with Crippen LogP contribution in [0.3, 0.4) is 0 Å². The zero-order chi connectivity index (χ0) is 31.0. The molecule has 220 valence electrons. The van der Waals surface area contributed by atoms with Crippen LogP contribution in [-0.2, 0) is 5.41 Å². The van der Waals surface area contributed by atoms with Crippen molar-refractivity contribution in [2.45, 2.75) is 32.1 Å². The van der Waals surface area contributed by atoms with Gasteiger partial charge in [0.2, 0.25) is 0 Å². The van der Waals surface area contributed by atoms with Gasteiger partial charge in [-0.05, 0) is 126 Å². The van der Waals surface area contributed by atoms with Crippen molar-refractivity contribution in [3.05, 3.63) is 155 Å². The molecule has 9 rings (SSSR count). The third-order valence-electron chi connectivity index (χ3n) is 10.8. The van der Waals surface area contributed by atoms with Crippen LogP contribution in [0.1, 0.15) is 37.8 Å². The van der Waals surface area contributed by atoms with Crippen molar-refractivity contribution < 1.29 is 0 Å². The molecule has 0 fully saturated rings. The van der Waals surface area contributed by atoms with E-state index in [1.165, 1.54) is 88.7 Å². The highest BCUT2D eigenvalue weighted by Crippen LogP contribution is 2.58. The lowest BCUT2D eigenvalue weighted by molar-refractivity contribution is 0.490. The molecule has 7 aromatic rings. The lowest BCUT2D eigenvalue weighted by Crippen LogP contribution is -2.23. The smallest absolute Gasteiger partial charge is 0.0210 e. The molecule has 2 aliphatic carbocycles. The Balaban J connectivity index is 1.41. The fourth-order valence-electron chi connectivity index (χ4n) is 8.61. The molecule has 0 aromatic heterocycles. The standard InChI is InChI=1S/C45H33Br/c1-3-45(4-2)39-25-31(21-23-33(39)34-24-22-32(46)26-40(34)45)38-27-37(28-13-7-5-8-14-28)43-35-19-11-17-29-18-12-20-36(41(29)35)44(43)42(38)30-15-9-6-10-16-30/h5-27H,3-4H2,1-2H3. The van der Waals surface area contributed by atoms with Crippen LogP contribution >= 0.6 is 15.9 Å². The summed E-state index contributed by atoms with van der Waals surface area (Å²) in [5.41, 5.74) is 18.7. The van der Waals surface area contributed by atoms with Crippen molar-refractivity contribution in [3.63, 3.8) is 0 Å². The highest BCUT2D eigenvalue weighted by Gasteiger charge is 2.41. The van der Waals surface area contributed by atoms with Crippen LogP contribution in [0.4, 0.5) is 0 Å². The third kappa shape index (κ3) is 3.79. The summed E-state index contributed by atoms with van der Waals surface area (Å²) < 4.78 is 1.15. The second-order valence-electron chi connectivity index (χ2n) is 12.8. The van der Waals surface area contributed by atoms with Gasteiger partial charge >= 0.3 is 0 Å². The fourth-order valence-corrected chi connectivity index (χ4v) is 8.98. The zero-order valence-corrected chi connectivity index (χ0v) is 27.7. The summed E-state index contributed by atoms with van der Waals surface area (Å²) in [6, 6.07) is 52.3. The lowest BCUT2D eigenvalue weighted by atomic mass is 9.73. The van der Waals surface area contributed by atoms with Gasteiger partial charge in [0.25, 0.3) is 0 Å². The Kier molecular flexibility index (Phi) is 6.24. The second kappa shape index (κ2) is 10.4. The predicted octanol–water partition coefficient (Wildman–Crippen LogP) is 13.3. The van der Waals surface area contributed by atoms with E-state index < -0.39 is 0 Å². The summed E-state index contributed by atoms with van der Waals surface area (Å²) in [5.74, 6) is 0. The molecule has 0 amide bonds. The van der Waals surface area contributed by atoms with E-state index in [0.29, 0.717) is 0 Å². The maximum Gasteiger partial charge on any atom is 0.0210 e. The molecule has 0 N–H and O–H groups in total. The Labute approximate surface area is 279 Å². The molecule has 0 nitrogen and oxygen atoms in total.